The van der Waals surface area contributed by atoms with Crippen LogP contribution in [0.4, 0.5) is 5.69 Å². The number of rotatable bonds is 3. The molecule has 1 heterocycles. The first kappa shape index (κ1) is 17.2. The zero-order valence-electron chi connectivity index (χ0n) is 14.6. The number of benzene rings is 1. The Morgan fingerprint density at radius 1 is 1.27 bits per heavy atom. The minimum absolute atomic E-state index is 0.692. The Labute approximate surface area is 140 Å². The zero-order valence-corrected chi connectivity index (χ0v) is 15.4. The van der Waals surface area contributed by atoms with Gasteiger partial charge in [0.15, 0.2) is 5.11 Å². The second-order valence-electron chi connectivity index (χ2n) is 6.91. The highest BCUT2D eigenvalue weighted by atomic mass is 32.1. The van der Waals surface area contributed by atoms with Crippen LogP contribution in [0, 0.1) is 13.8 Å². The van der Waals surface area contributed by atoms with Crippen LogP contribution in [-0.4, -0.2) is 42.2 Å². The lowest BCUT2D eigenvalue weighted by atomic mass is 10.0. The summed E-state index contributed by atoms with van der Waals surface area (Å²) in [5, 5.41) is 4.29. The van der Waals surface area contributed by atoms with Crippen LogP contribution >= 0.6 is 12.2 Å². The van der Waals surface area contributed by atoms with Crippen LogP contribution in [0.15, 0.2) is 18.2 Å². The monoisotopic (exact) mass is 320 g/mol. The molecule has 22 heavy (non-hydrogen) atoms. The Morgan fingerprint density at radius 2 is 1.91 bits per heavy atom. The Hall–Kier alpha value is -1.13. The maximum Gasteiger partial charge on any atom is 0.173 e. The summed E-state index contributed by atoms with van der Waals surface area (Å²) in [5.41, 5.74) is 3.67. The molecule has 0 bridgehead atoms. The molecular weight excluding hydrogens is 290 g/mol. The summed E-state index contributed by atoms with van der Waals surface area (Å²) < 4.78 is 0. The van der Waals surface area contributed by atoms with Gasteiger partial charge in [-0.05, 0) is 51.5 Å². The number of aryl methyl sites for hydroxylation is 2. The first-order valence-electron chi connectivity index (χ1n) is 8.35. The van der Waals surface area contributed by atoms with Gasteiger partial charge in [-0.2, -0.15) is 0 Å². The first-order chi connectivity index (χ1) is 10.4. The van der Waals surface area contributed by atoms with Gasteiger partial charge >= 0.3 is 0 Å². The van der Waals surface area contributed by atoms with E-state index in [1.165, 1.54) is 24.0 Å². The Balaban J connectivity index is 1.90. The van der Waals surface area contributed by atoms with Crippen molar-refractivity contribution in [1.29, 1.82) is 0 Å². The summed E-state index contributed by atoms with van der Waals surface area (Å²) >= 11 is 5.61. The van der Waals surface area contributed by atoms with E-state index in [0.29, 0.717) is 6.04 Å². The van der Waals surface area contributed by atoms with E-state index >= 15 is 0 Å². The second kappa shape index (κ2) is 7.42. The van der Waals surface area contributed by atoms with Gasteiger partial charge in [0.25, 0.3) is 0 Å². The van der Waals surface area contributed by atoms with E-state index in [4.69, 9.17) is 12.2 Å². The lowest BCUT2D eigenvalue weighted by molar-refractivity contribution is -0.928. The molecule has 2 rings (SSSR count). The normalized spacial score (nSPS) is 17.6. The highest BCUT2D eigenvalue weighted by Crippen LogP contribution is 2.18. The fourth-order valence-electron chi connectivity index (χ4n) is 3.16. The third kappa shape index (κ3) is 4.20. The smallest absolute Gasteiger partial charge is 0.173 e. The molecule has 122 valence electrons. The van der Waals surface area contributed by atoms with E-state index in [-0.39, 0.29) is 0 Å². The number of nitrogens with zero attached hydrogens (tertiary/aromatic N) is 1. The van der Waals surface area contributed by atoms with E-state index in [1.54, 1.807) is 4.90 Å². The minimum atomic E-state index is 0.692. The molecule has 1 aromatic rings. The molecule has 1 aromatic carbocycles. The standard InChI is InChI=1S/C18H29N3S/c1-13(2)20(5)16-8-10-21(11-9-16)18(22)19-17-7-6-14(3)12-15(17)4/h6-7,12-13,16H,8-11H2,1-5H3,(H,19,22)/p+1. The van der Waals surface area contributed by atoms with Crippen LogP contribution in [-0.2, 0) is 0 Å². The Kier molecular flexibility index (Phi) is 5.81. The van der Waals surface area contributed by atoms with Crippen LogP contribution in [0.25, 0.3) is 0 Å². The zero-order chi connectivity index (χ0) is 16.3. The minimum Gasteiger partial charge on any atom is -0.349 e. The number of quaternary nitrogens is 1. The van der Waals surface area contributed by atoms with Crippen molar-refractivity contribution < 1.29 is 4.90 Å². The average molecular weight is 321 g/mol. The van der Waals surface area contributed by atoms with Gasteiger partial charge < -0.3 is 15.1 Å². The molecule has 0 spiro atoms. The summed E-state index contributed by atoms with van der Waals surface area (Å²) in [6.07, 6.45) is 2.44. The quantitative estimate of drug-likeness (QED) is 0.835. The van der Waals surface area contributed by atoms with Gasteiger partial charge in [-0.25, -0.2) is 0 Å². The van der Waals surface area contributed by atoms with E-state index in [1.807, 2.05) is 0 Å². The molecule has 0 radical (unpaired) electrons. The molecule has 4 heteroatoms. The predicted octanol–water partition coefficient (Wildman–Crippen LogP) is 2.39. The molecular formula is C18H30N3S+. The first-order valence-corrected chi connectivity index (χ1v) is 8.76. The average Bonchev–Trinajstić information content (AvgIpc) is 2.49. The summed E-state index contributed by atoms with van der Waals surface area (Å²) in [6.45, 7) is 11.0. The van der Waals surface area contributed by atoms with Gasteiger partial charge in [-0.15, -0.1) is 0 Å². The van der Waals surface area contributed by atoms with Crippen molar-refractivity contribution in [3.8, 4) is 0 Å². The van der Waals surface area contributed by atoms with E-state index in [0.717, 1.165) is 29.9 Å². The number of anilines is 1. The molecule has 1 aliphatic rings. The molecule has 0 saturated carbocycles. The van der Waals surface area contributed by atoms with Crippen molar-refractivity contribution in [2.24, 2.45) is 0 Å². The largest absolute Gasteiger partial charge is 0.349 e. The Bertz CT molecular complexity index is 519. The van der Waals surface area contributed by atoms with Gasteiger partial charge in [0.05, 0.1) is 19.1 Å². The van der Waals surface area contributed by atoms with Crippen molar-refractivity contribution in [1.82, 2.24) is 4.90 Å². The maximum absolute atomic E-state index is 5.61. The fourth-order valence-corrected chi connectivity index (χ4v) is 3.45. The molecule has 0 amide bonds. The van der Waals surface area contributed by atoms with E-state index < -0.39 is 0 Å². The highest BCUT2D eigenvalue weighted by molar-refractivity contribution is 7.80. The van der Waals surface area contributed by atoms with Crippen molar-refractivity contribution in [2.45, 2.75) is 52.6 Å². The molecule has 1 atom stereocenters. The molecule has 1 saturated heterocycles. The lowest BCUT2D eigenvalue weighted by Crippen LogP contribution is -3.16. The summed E-state index contributed by atoms with van der Waals surface area (Å²) in [5.74, 6) is 0. The van der Waals surface area contributed by atoms with E-state index in [2.05, 4.69) is 63.2 Å². The number of hydrogen-bond acceptors (Lipinski definition) is 1. The van der Waals surface area contributed by atoms with Gasteiger partial charge in [0.1, 0.15) is 0 Å². The van der Waals surface area contributed by atoms with Crippen LogP contribution in [0.2, 0.25) is 0 Å². The van der Waals surface area contributed by atoms with E-state index in [9.17, 15) is 0 Å². The van der Waals surface area contributed by atoms with Crippen LogP contribution in [0.1, 0.15) is 37.8 Å². The molecule has 0 aliphatic carbocycles. The Morgan fingerprint density at radius 3 is 2.45 bits per heavy atom. The molecule has 1 fully saturated rings. The van der Waals surface area contributed by atoms with Crippen molar-refractivity contribution >= 4 is 23.0 Å². The van der Waals surface area contributed by atoms with Crippen molar-refractivity contribution in [2.75, 3.05) is 25.5 Å². The number of nitrogens with one attached hydrogen (secondary N) is 2. The fraction of sp³-hybridized carbons (Fsp3) is 0.611. The van der Waals surface area contributed by atoms with Gasteiger partial charge in [-0.3, -0.25) is 0 Å². The third-order valence-electron chi connectivity index (χ3n) is 4.96. The number of thiocarbonyl (C=S) groups is 1. The van der Waals surface area contributed by atoms with Crippen LogP contribution in [0.5, 0.6) is 0 Å². The van der Waals surface area contributed by atoms with Crippen molar-refractivity contribution in [3.05, 3.63) is 29.3 Å². The molecule has 1 aliphatic heterocycles. The lowest BCUT2D eigenvalue weighted by Gasteiger charge is -2.37. The molecule has 0 aromatic heterocycles. The van der Waals surface area contributed by atoms with Crippen LogP contribution in [0.3, 0.4) is 0 Å². The predicted molar refractivity (Wildman–Crippen MR) is 98.8 cm³/mol. The summed E-state index contributed by atoms with van der Waals surface area (Å²) in [6, 6.07) is 7.90. The molecule has 3 nitrogen and oxygen atoms in total. The van der Waals surface area contributed by atoms with Gasteiger partial charge in [0.2, 0.25) is 0 Å². The van der Waals surface area contributed by atoms with Gasteiger partial charge in [0, 0.05) is 31.6 Å². The number of likely N-dealkylation sites (tertiary alicyclic amines) is 1. The highest BCUT2D eigenvalue weighted by Gasteiger charge is 2.27. The van der Waals surface area contributed by atoms with Crippen LogP contribution < -0.4 is 10.2 Å². The third-order valence-corrected chi connectivity index (χ3v) is 5.32. The molecule has 1 unspecified atom stereocenters. The maximum atomic E-state index is 5.61. The van der Waals surface area contributed by atoms with Crippen molar-refractivity contribution in [3.63, 3.8) is 0 Å². The number of piperidine rings is 1. The number of hydrogen-bond donors (Lipinski definition) is 2. The summed E-state index contributed by atoms with van der Waals surface area (Å²) in [4.78, 5) is 3.96. The molecule has 2 N–H and O–H groups in total. The second-order valence-corrected chi connectivity index (χ2v) is 7.30. The SMILES string of the molecule is Cc1ccc(NC(=S)N2CCC([NH+](C)C(C)C)CC2)c(C)c1. The van der Waals surface area contributed by atoms with Gasteiger partial charge in [-0.1, -0.05) is 17.7 Å². The topological polar surface area (TPSA) is 19.7 Å². The summed E-state index contributed by atoms with van der Waals surface area (Å²) in [7, 11) is 2.32.